The molecule has 1 fully saturated rings. The molecule has 1 aliphatic heterocycles. The van der Waals surface area contributed by atoms with Crippen molar-refractivity contribution in [2.45, 2.75) is 25.9 Å². The van der Waals surface area contributed by atoms with Gasteiger partial charge in [0.05, 0.1) is 18.2 Å². The predicted molar refractivity (Wildman–Crippen MR) is 123 cm³/mol. The van der Waals surface area contributed by atoms with Crippen LogP contribution in [0.15, 0.2) is 84.4 Å². The molecule has 1 heterocycles. The number of ketones is 1. The molecule has 1 unspecified atom stereocenters. The van der Waals surface area contributed by atoms with Crippen LogP contribution >= 0.6 is 0 Å². The van der Waals surface area contributed by atoms with E-state index in [1.807, 2.05) is 37.3 Å². The topological polar surface area (TPSA) is 66.8 Å². The van der Waals surface area contributed by atoms with Gasteiger partial charge < -0.3 is 14.7 Å². The third-order valence-electron chi connectivity index (χ3n) is 5.54. The Morgan fingerprint density at radius 2 is 1.64 bits per heavy atom. The first-order valence-corrected chi connectivity index (χ1v) is 10.8. The van der Waals surface area contributed by atoms with Crippen molar-refractivity contribution in [3.63, 3.8) is 0 Å². The summed E-state index contributed by atoms with van der Waals surface area (Å²) >= 11 is 0. The monoisotopic (exact) mass is 445 g/mol. The van der Waals surface area contributed by atoms with Crippen molar-refractivity contribution in [2.24, 2.45) is 0 Å². The first kappa shape index (κ1) is 22.3. The Kier molecular flexibility index (Phi) is 6.54. The second-order valence-corrected chi connectivity index (χ2v) is 7.81. The quantitative estimate of drug-likeness (QED) is 0.307. The van der Waals surface area contributed by atoms with Crippen LogP contribution in [-0.2, 0) is 16.1 Å². The highest BCUT2D eigenvalue weighted by molar-refractivity contribution is 6.46. The number of amides is 1. The fourth-order valence-corrected chi connectivity index (χ4v) is 3.93. The summed E-state index contributed by atoms with van der Waals surface area (Å²) in [4.78, 5) is 27.4. The number of halogens is 1. The average Bonchev–Trinajstić information content (AvgIpc) is 3.08. The minimum atomic E-state index is -1.05. The summed E-state index contributed by atoms with van der Waals surface area (Å²) in [6, 6.07) is 20.7. The number of ether oxygens (including phenoxy) is 1. The molecule has 0 spiro atoms. The van der Waals surface area contributed by atoms with Gasteiger partial charge in [-0.05, 0) is 42.3 Å². The molecular formula is C27H24FNO4. The Hall–Kier alpha value is -3.93. The zero-order chi connectivity index (χ0) is 23.4. The van der Waals surface area contributed by atoms with Crippen LogP contribution in [-0.4, -0.2) is 28.3 Å². The van der Waals surface area contributed by atoms with Crippen LogP contribution in [0.25, 0.3) is 5.76 Å². The standard InChI is InChI=1S/C27H24FNO4/c1-2-16-33-20-14-12-19(13-15-20)25(30)23-24(21-10-6-7-11-22(21)28)29(27(32)26(23)31)17-18-8-4-3-5-9-18/h3-15,24,30H,2,16-17H2,1H3/b25-23+. The Bertz CT molecular complexity index is 1190. The molecule has 1 N–H and O–H groups in total. The van der Waals surface area contributed by atoms with E-state index in [9.17, 15) is 19.1 Å². The van der Waals surface area contributed by atoms with Crippen molar-refractivity contribution in [2.75, 3.05) is 6.61 Å². The molecule has 1 atom stereocenters. The van der Waals surface area contributed by atoms with E-state index < -0.39 is 23.5 Å². The molecular weight excluding hydrogens is 421 g/mol. The lowest BCUT2D eigenvalue weighted by Gasteiger charge is -2.25. The van der Waals surface area contributed by atoms with Gasteiger partial charge in [0.15, 0.2) is 0 Å². The molecule has 5 nitrogen and oxygen atoms in total. The van der Waals surface area contributed by atoms with E-state index in [-0.39, 0.29) is 23.4 Å². The van der Waals surface area contributed by atoms with Crippen LogP contribution in [0.1, 0.15) is 36.1 Å². The van der Waals surface area contributed by atoms with Gasteiger partial charge in [-0.2, -0.15) is 0 Å². The van der Waals surface area contributed by atoms with E-state index in [2.05, 4.69) is 0 Å². The Morgan fingerprint density at radius 1 is 0.970 bits per heavy atom. The van der Waals surface area contributed by atoms with E-state index in [1.165, 1.54) is 23.1 Å². The zero-order valence-corrected chi connectivity index (χ0v) is 18.2. The SMILES string of the molecule is CCCOc1ccc(/C(O)=C2\C(=O)C(=O)N(Cc3ccccc3)C2c2ccccc2F)cc1. The van der Waals surface area contributed by atoms with Gasteiger partial charge in [-0.25, -0.2) is 4.39 Å². The Balaban J connectivity index is 1.80. The highest BCUT2D eigenvalue weighted by Gasteiger charge is 2.46. The van der Waals surface area contributed by atoms with Crippen molar-refractivity contribution >= 4 is 17.4 Å². The van der Waals surface area contributed by atoms with Crippen LogP contribution in [0, 0.1) is 5.82 Å². The number of rotatable bonds is 7. The number of Topliss-reactive ketones (excluding diaryl/α,β-unsaturated/α-hetero) is 1. The van der Waals surface area contributed by atoms with Crippen LogP contribution in [0.2, 0.25) is 0 Å². The van der Waals surface area contributed by atoms with Gasteiger partial charge in [0.25, 0.3) is 11.7 Å². The molecule has 6 heteroatoms. The maximum absolute atomic E-state index is 14.8. The van der Waals surface area contributed by atoms with E-state index in [1.54, 1.807) is 30.3 Å². The molecule has 3 aromatic rings. The maximum Gasteiger partial charge on any atom is 0.295 e. The van der Waals surface area contributed by atoms with Gasteiger partial charge in [0, 0.05) is 17.7 Å². The molecule has 0 saturated carbocycles. The van der Waals surface area contributed by atoms with E-state index >= 15 is 0 Å². The van der Waals surface area contributed by atoms with Crippen molar-refractivity contribution < 1.29 is 23.8 Å². The second kappa shape index (κ2) is 9.69. The van der Waals surface area contributed by atoms with Crippen LogP contribution in [0.5, 0.6) is 5.75 Å². The lowest BCUT2D eigenvalue weighted by Crippen LogP contribution is -2.29. The normalized spacial score (nSPS) is 17.4. The van der Waals surface area contributed by atoms with Crippen molar-refractivity contribution in [3.05, 3.63) is 107 Å². The lowest BCUT2D eigenvalue weighted by atomic mass is 9.94. The van der Waals surface area contributed by atoms with E-state index in [4.69, 9.17) is 4.74 Å². The molecule has 3 aromatic carbocycles. The number of hydrogen-bond acceptors (Lipinski definition) is 4. The van der Waals surface area contributed by atoms with Crippen molar-refractivity contribution in [1.29, 1.82) is 0 Å². The minimum absolute atomic E-state index is 0.102. The lowest BCUT2D eigenvalue weighted by molar-refractivity contribution is -0.140. The molecule has 4 rings (SSSR count). The van der Waals surface area contributed by atoms with E-state index in [0.717, 1.165) is 12.0 Å². The van der Waals surface area contributed by atoms with Crippen LogP contribution in [0.4, 0.5) is 4.39 Å². The molecule has 0 radical (unpaired) electrons. The largest absolute Gasteiger partial charge is 0.507 e. The first-order valence-electron chi connectivity index (χ1n) is 10.8. The van der Waals surface area contributed by atoms with E-state index in [0.29, 0.717) is 17.9 Å². The average molecular weight is 445 g/mol. The third kappa shape index (κ3) is 4.51. The summed E-state index contributed by atoms with van der Waals surface area (Å²) in [5, 5.41) is 11.1. The Labute approximate surface area is 191 Å². The summed E-state index contributed by atoms with van der Waals surface area (Å²) < 4.78 is 20.4. The fraction of sp³-hybridized carbons (Fsp3) is 0.185. The summed E-state index contributed by atoms with van der Waals surface area (Å²) in [6.07, 6.45) is 0.856. The fourth-order valence-electron chi connectivity index (χ4n) is 3.93. The van der Waals surface area contributed by atoms with Gasteiger partial charge in [-0.1, -0.05) is 55.5 Å². The maximum atomic E-state index is 14.8. The van der Waals surface area contributed by atoms with Crippen LogP contribution in [0.3, 0.4) is 0 Å². The number of aliphatic hydroxyl groups is 1. The highest BCUT2D eigenvalue weighted by atomic mass is 19.1. The summed E-state index contributed by atoms with van der Waals surface area (Å²) in [5.74, 6) is -1.90. The smallest absolute Gasteiger partial charge is 0.295 e. The summed E-state index contributed by atoms with van der Waals surface area (Å²) in [5.41, 5.74) is 1.15. The minimum Gasteiger partial charge on any atom is -0.507 e. The summed E-state index contributed by atoms with van der Waals surface area (Å²) in [6.45, 7) is 2.66. The molecule has 1 aliphatic rings. The number of carbonyl (C=O) groups is 2. The predicted octanol–water partition coefficient (Wildman–Crippen LogP) is 5.24. The highest BCUT2D eigenvalue weighted by Crippen LogP contribution is 2.41. The van der Waals surface area contributed by atoms with Gasteiger partial charge in [0.2, 0.25) is 0 Å². The number of carbonyl (C=O) groups excluding carboxylic acids is 2. The second-order valence-electron chi connectivity index (χ2n) is 7.81. The zero-order valence-electron chi connectivity index (χ0n) is 18.2. The van der Waals surface area contributed by atoms with Gasteiger partial charge >= 0.3 is 0 Å². The number of benzene rings is 3. The molecule has 33 heavy (non-hydrogen) atoms. The molecule has 1 amide bonds. The van der Waals surface area contributed by atoms with Crippen LogP contribution < -0.4 is 4.74 Å². The Morgan fingerprint density at radius 3 is 2.30 bits per heavy atom. The van der Waals surface area contributed by atoms with Gasteiger partial charge in [-0.3, -0.25) is 9.59 Å². The molecule has 168 valence electrons. The first-order chi connectivity index (χ1) is 16.0. The van der Waals surface area contributed by atoms with Gasteiger partial charge in [0.1, 0.15) is 17.3 Å². The molecule has 0 aliphatic carbocycles. The third-order valence-corrected chi connectivity index (χ3v) is 5.54. The molecule has 1 saturated heterocycles. The number of likely N-dealkylation sites (tertiary alicyclic amines) is 1. The number of nitrogens with zero attached hydrogens (tertiary/aromatic N) is 1. The molecule has 0 aromatic heterocycles. The number of aliphatic hydroxyl groups excluding tert-OH is 1. The van der Waals surface area contributed by atoms with Crippen molar-refractivity contribution in [3.8, 4) is 5.75 Å². The molecule has 0 bridgehead atoms. The van der Waals surface area contributed by atoms with Gasteiger partial charge in [-0.15, -0.1) is 0 Å². The van der Waals surface area contributed by atoms with Crippen molar-refractivity contribution in [1.82, 2.24) is 4.90 Å². The summed E-state index contributed by atoms with van der Waals surface area (Å²) in [7, 11) is 0. The number of hydrogen-bond donors (Lipinski definition) is 1.